The van der Waals surface area contributed by atoms with Crippen molar-refractivity contribution in [2.75, 3.05) is 0 Å². The molecule has 1 aromatic heterocycles. The normalized spacial score (nSPS) is 10.2. The van der Waals surface area contributed by atoms with Gasteiger partial charge in [0.15, 0.2) is 11.5 Å². The van der Waals surface area contributed by atoms with Gasteiger partial charge >= 0.3 is 0 Å². The van der Waals surface area contributed by atoms with E-state index in [1.165, 1.54) is 0 Å². The predicted octanol–water partition coefficient (Wildman–Crippen LogP) is 4.04. The largest absolute Gasteiger partial charge is 0.213 e. The van der Waals surface area contributed by atoms with Crippen LogP contribution in [0, 0.1) is 18.3 Å². The summed E-state index contributed by atoms with van der Waals surface area (Å²) in [4.78, 5) is 4.31. The van der Waals surface area contributed by atoms with Crippen LogP contribution in [0.3, 0.4) is 0 Å². The Labute approximate surface area is 133 Å². The number of aromatic nitrogens is 3. The van der Waals surface area contributed by atoms with Gasteiger partial charge in [-0.2, -0.15) is 5.26 Å². The van der Waals surface area contributed by atoms with Crippen molar-refractivity contribution < 1.29 is 0 Å². The SMILES string of the molecule is Cc1ccc(-c2nnc(-c3ccc(Cl)cc3)nc2C#N)cc1. The predicted molar refractivity (Wildman–Crippen MR) is 85.2 cm³/mol. The molecule has 2 aromatic carbocycles. The van der Waals surface area contributed by atoms with Crippen LogP contribution in [0.4, 0.5) is 0 Å². The summed E-state index contributed by atoms with van der Waals surface area (Å²) in [6.45, 7) is 2.00. The van der Waals surface area contributed by atoms with Gasteiger partial charge in [-0.1, -0.05) is 41.4 Å². The molecule has 0 bridgehead atoms. The zero-order valence-electron chi connectivity index (χ0n) is 11.8. The summed E-state index contributed by atoms with van der Waals surface area (Å²) in [6, 6.07) is 16.9. The molecule has 0 radical (unpaired) electrons. The van der Waals surface area contributed by atoms with Crippen LogP contribution in [0.1, 0.15) is 11.3 Å². The maximum Gasteiger partial charge on any atom is 0.183 e. The van der Waals surface area contributed by atoms with Crippen LogP contribution in [0.5, 0.6) is 0 Å². The van der Waals surface area contributed by atoms with E-state index in [9.17, 15) is 5.26 Å². The molecule has 3 aromatic rings. The molecule has 0 N–H and O–H groups in total. The van der Waals surface area contributed by atoms with E-state index in [2.05, 4.69) is 21.3 Å². The molecule has 106 valence electrons. The number of benzene rings is 2. The topological polar surface area (TPSA) is 62.5 Å². The highest BCUT2D eigenvalue weighted by Crippen LogP contribution is 2.23. The molecule has 22 heavy (non-hydrogen) atoms. The second-order valence-electron chi connectivity index (χ2n) is 4.82. The molecule has 0 aliphatic rings. The number of rotatable bonds is 2. The summed E-state index contributed by atoms with van der Waals surface area (Å²) in [5, 5.41) is 18.3. The van der Waals surface area contributed by atoms with Crippen molar-refractivity contribution in [3.05, 3.63) is 64.8 Å². The van der Waals surface area contributed by atoms with Gasteiger partial charge in [0.05, 0.1) is 0 Å². The lowest BCUT2D eigenvalue weighted by atomic mass is 10.1. The second-order valence-corrected chi connectivity index (χ2v) is 5.25. The van der Waals surface area contributed by atoms with Crippen molar-refractivity contribution >= 4 is 11.6 Å². The summed E-state index contributed by atoms with van der Waals surface area (Å²) in [7, 11) is 0. The van der Waals surface area contributed by atoms with Crippen LogP contribution in [0.2, 0.25) is 5.02 Å². The number of nitriles is 1. The lowest BCUT2D eigenvalue weighted by molar-refractivity contribution is 0.975. The molecule has 1 heterocycles. The van der Waals surface area contributed by atoms with Gasteiger partial charge in [0.25, 0.3) is 0 Å². The minimum absolute atomic E-state index is 0.254. The summed E-state index contributed by atoms with van der Waals surface area (Å²) in [5.41, 5.74) is 3.47. The molecule has 0 spiro atoms. The van der Waals surface area contributed by atoms with Crippen molar-refractivity contribution in [3.63, 3.8) is 0 Å². The Morgan fingerprint density at radius 1 is 0.909 bits per heavy atom. The standard InChI is InChI=1S/C17H11ClN4/c1-11-2-4-12(5-3-11)16-15(10-19)20-17(22-21-16)13-6-8-14(18)9-7-13/h2-9H,1H3. The Balaban J connectivity index is 2.06. The molecule has 0 amide bonds. The lowest BCUT2D eigenvalue weighted by Crippen LogP contribution is -2.00. The molecule has 0 atom stereocenters. The van der Waals surface area contributed by atoms with E-state index in [-0.39, 0.29) is 5.69 Å². The summed E-state index contributed by atoms with van der Waals surface area (Å²) < 4.78 is 0. The van der Waals surface area contributed by atoms with Gasteiger partial charge in [-0.3, -0.25) is 0 Å². The molecular formula is C17H11ClN4. The average Bonchev–Trinajstić information content (AvgIpc) is 2.56. The fourth-order valence-corrected chi connectivity index (χ4v) is 2.16. The molecule has 0 aliphatic carbocycles. The summed E-state index contributed by atoms with van der Waals surface area (Å²) in [6.07, 6.45) is 0. The van der Waals surface area contributed by atoms with E-state index >= 15 is 0 Å². The average molecular weight is 307 g/mol. The Hall–Kier alpha value is -2.77. The van der Waals surface area contributed by atoms with Crippen molar-refractivity contribution in [1.29, 1.82) is 5.26 Å². The minimum Gasteiger partial charge on any atom is -0.213 e. The van der Waals surface area contributed by atoms with Crippen molar-refractivity contribution in [2.24, 2.45) is 0 Å². The van der Waals surface area contributed by atoms with Crippen LogP contribution < -0.4 is 0 Å². The first-order chi connectivity index (χ1) is 10.7. The zero-order chi connectivity index (χ0) is 15.5. The maximum atomic E-state index is 9.35. The number of hydrogen-bond donors (Lipinski definition) is 0. The maximum absolute atomic E-state index is 9.35. The van der Waals surface area contributed by atoms with E-state index in [1.807, 2.05) is 31.2 Å². The van der Waals surface area contributed by atoms with Crippen molar-refractivity contribution in [3.8, 4) is 28.7 Å². The third kappa shape index (κ3) is 2.80. The Morgan fingerprint density at radius 2 is 1.55 bits per heavy atom. The number of halogens is 1. The van der Waals surface area contributed by atoms with Crippen molar-refractivity contribution in [2.45, 2.75) is 6.92 Å². The minimum atomic E-state index is 0.254. The molecule has 3 rings (SSSR count). The first-order valence-electron chi connectivity index (χ1n) is 6.65. The Morgan fingerprint density at radius 3 is 2.18 bits per heavy atom. The monoisotopic (exact) mass is 306 g/mol. The number of aryl methyl sites for hydroxylation is 1. The molecule has 4 nitrogen and oxygen atoms in total. The molecule has 0 aliphatic heterocycles. The quantitative estimate of drug-likeness (QED) is 0.717. The van der Waals surface area contributed by atoms with Crippen LogP contribution >= 0.6 is 11.6 Å². The molecule has 0 fully saturated rings. The van der Waals surface area contributed by atoms with E-state index in [0.717, 1.165) is 16.7 Å². The molecule has 0 saturated heterocycles. The lowest BCUT2D eigenvalue weighted by Gasteiger charge is -2.05. The van der Waals surface area contributed by atoms with E-state index in [4.69, 9.17) is 11.6 Å². The third-order valence-corrected chi connectivity index (χ3v) is 3.47. The molecule has 0 saturated carbocycles. The van der Waals surface area contributed by atoms with Gasteiger partial charge in [-0.05, 0) is 31.2 Å². The van der Waals surface area contributed by atoms with E-state index in [0.29, 0.717) is 16.5 Å². The Bertz CT molecular complexity index is 849. The molecule has 0 unspecified atom stereocenters. The van der Waals surface area contributed by atoms with Gasteiger partial charge < -0.3 is 0 Å². The summed E-state index contributed by atoms with van der Waals surface area (Å²) in [5.74, 6) is 0.407. The highest BCUT2D eigenvalue weighted by atomic mass is 35.5. The number of hydrogen-bond acceptors (Lipinski definition) is 4. The zero-order valence-corrected chi connectivity index (χ0v) is 12.5. The first-order valence-corrected chi connectivity index (χ1v) is 7.03. The fourth-order valence-electron chi connectivity index (χ4n) is 2.03. The number of nitrogens with zero attached hydrogens (tertiary/aromatic N) is 4. The highest BCUT2D eigenvalue weighted by molar-refractivity contribution is 6.30. The Kier molecular flexibility index (Phi) is 3.82. The third-order valence-electron chi connectivity index (χ3n) is 3.22. The highest BCUT2D eigenvalue weighted by Gasteiger charge is 2.12. The van der Waals surface area contributed by atoms with Gasteiger partial charge in [0.1, 0.15) is 11.8 Å². The van der Waals surface area contributed by atoms with Gasteiger partial charge in [0, 0.05) is 16.1 Å². The van der Waals surface area contributed by atoms with Crippen LogP contribution in [0.15, 0.2) is 48.5 Å². The van der Waals surface area contributed by atoms with Gasteiger partial charge in [0.2, 0.25) is 0 Å². The first kappa shape index (κ1) is 14.2. The molecule has 5 heteroatoms. The molecular weight excluding hydrogens is 296 g/mol. The second kappa shape index (κ2) is 5.92. The van der Waals surface area contributed by atoms with E-state index < -0.39 is 0 Å². The van der Waals surface area contributed by atoms with E-state index in [1.54, 1.807) is 24.3 Å². The summed E-state index contributed by atoms with van der Waals surface area (Å²) >= 11 is 5.87. The van der Waals surface area contributed by atoms with Gasteiger partial charge in [-0.15, -0.1) is 10.2 Å². The van der Waals surface area contributed by atoms with Crippen LogP contribution in [0.25, 0.3) is 22.6 Å². The smallest absolute Gasteiger partial charge is 0.183 e. The van der Waals surface area contributed by atoms with Gasteiger partial charge in [-0.25, -0.2) is 4.98 Å². The van der Waals surface area contributed by atoms with Crippen LogP contribution in [-0.4, -0.2) is 15.2 Å². The fraction of sp³-hybridized carbons (Fsp3) is 0.0588. The van der Waals surface area contributed by atoms with Crippen molar-refractivity contribution in [1.82, 2.24) is 15.2 Å². The van der Waals surface area contributed by atoms with Crippen LogP contribution in [-0.2, 0) is 0 Å².